The molecule has 0 radical (unpaired) electrons. The highest BCUT2D eigenvalue weighted by molar-refractivity contribution is 7.88. The number of halogens is 1. The predicted molar refractivity (Wildman–Crippen MR) is 107 cm³/mol. The van der Waals surface area contributed by atoms with Crippen LogP contribution in [-0.4, -0.2) is 57.2 Å². The van der Waals surface area contributed by atoms with Crippen LogP contribution in [0.2, 0.25) is 0 Å². The van der Waals surface area contributed by atoms with Crippen molar-refractivity contribution in [1.29, 1.82) is 0 Å². The second-order valence-electron chi connectivity index (χ2n) is 7.51. The van der Waals surface area contributed by atoms with Gasteiger partial charge in [-0.05, 0) is 30.7 Å². The molecule has 2 aliphatic heterocycles. The highest BCUT2D eigenvalue weighted by Crippen LogP contribution is 2.36. The van der Waals surface area contributed by atoms with Crippen LogP contribution in [0.25, 0.3) is 0 Å². The lowest BCUT2D eigenvalue weighted by molar-refractivity contribution is 0.149. The topological polar surface area (TPSA) is 131 Å². The first-order valence-corrected chi connectivity index (χ1v) is 11.2. The summed E-state index contributed by atoms with van der Waals surface area (Å²) in [6.45, 7) is 2.27. The SMILES string of the molecule is CS(=O)(=O)N1CCC(C2CN(c3cccc(COC(=O)N=C(N)N)c3F)C2)CC1. The standard InChI is InChI=1S/C18H26FN5O4S/c1-29(26,27)24-7-5-12(6-8-24)14-9-23(10-14)15-4-2-3-13(16(15)19)11-28-18(25)22-17(20)21/h2-4,12,14H,5-11H2,1H3,(H4,20,21,22,25). The molecule has 0 spiro atoms. The molecule has 29 heavy (non-hydrogen) atoms. The van der Waals surface area contributed by atoms with E-state index in [4.69, 9.17) is 16.2 Å². The van der Waals surface area contributed by atoms with Crippen LogP contribution in [0.5, 0.6) is 0 Å². The summed E-state index contributed by atoms with van der Waals surface area (Å²) in [7, 11) is -3.13. The van der Waals surface area contributed by atoms with Crippen LogP contribution in [0.15, 0.2) is 23.2 Å². The molecule has 1 aromatic carbocycles. The van der Waals surface area contributed by atoms with E-state index in [1.807, 2.05) is 4.90 Å². The van der Waals surface area contributed by atoms with E-state index in [9.17, 15) is 17.6 Å². The lowest BCUT2D eigenvalue weighted by Gasteiger charge is -2.47. The van der Waals surface area contributed by atoms with E-state index in [0.29, 0.717) is 30.6 Å². The first-order chi connectivity index (χ1) is 13.6. The summed E-state index contributed by atoms with van der Waals surface area (Å²) < 4.78 is 44.5. The van der Waals surface area contributed by atoms with Gasteiger partial charge in [-0.3, -0.25) is 0 Å². The highest BCUT2D eigenvalue weighted by Gasteiger charge is 2.37. The van der Waals surface area contributed by atoms with E-state index in [0.717, 1.165) is 25.9 Å². The smallest absolute Gasteiger partial charge is 0.437 e. The molecule has 1 amide bonds. The summed E-state index contributed by atoms with van der Waals surface area (Å²) in [6.07, 6.45) is 1.92. The maximum atomic E-state index is 14.8. The number of nitrogens with two attached hydrogens (primary N) is 2. The monoisotopic (exact) mass is 427 g/mol. The molecule has 2 fully saturated rings. The maximum Gasteiger partial charge on any atom is 0.437 e. The summed E-state index contributed by atoms with van der Waals surface area (Å²) in [5.41, 5.74) is 10.9. The molecule has 2 saturated heterocycles. The number of aliphatic imine (C=N–C) groups is 1. The molecule has 11 heteroatoms. The zero-order valence-electron chi connectivity index (χ0n) is 16.3. The Balaban J connectivity index is 1.54. The van der Waals surface area contributed by atoms with E-state index < -0.39 is 27.9 Å². The first-order valence-electron chi connectivity index (χ1n) is 9.39. The van der Waals surface area contributed by atoms with Crippen LogP contribution >= 0.6 is 0 Å². The number of anilines is 1. The number of benzene rings is 1. The average molecular weight is 428 g/mol. The molecule has 2 heterocycles. The second-order valence-corrected chi connectivity index (χ2v) is 9.49. The Kier molecular flexibility index (Phi) is 6.27. The number of sulfonamides is 1. The minimum Gasteiger partial charge on any atom is -0.443 e. The van der Waals surface area contributed by atoms with Crippen LogP contribution in [0.4, 0.5) is 14.9 Å². The quantitative estimate of drug-likeness (QED) is 0.526. The van der Waals surface area contributed by atoms with Gasteiger partial charge in [0, 0.05) is 31.7 Å². The van der Waals surface area contributed by atoms with Crippen molar-refractivity contribution >= 4 is 27.8 Å². The van der Waals surface area contributed by atoms with Crippen molar-refractivity contribution < 1.29 is 22.3 Å². The second kappa shape index (κ2) is 8.54. The number of hydrogen-bond donors (Lipinski definition) is 2. The van der Waals surface area contributed by atoms with Crippen molar-refractivity contribution in [3.05, 3.63) is 29.6 Å². The van der Waals surface area contributed by atoms with Crippen molar-refractivity contribution in [1.82, 2.24) is 4.31 Å². The van der Waals surface area contributed by atoms with Crippen LogP contribution in [0.3, 0.4) is 0 Å². The van der Waals surface area contributed by atoms with Gasteiger partial charge in [-0.2, -0.15) is 0 Å². The minimum atomic E-state index is -3.13. The average Bonchev–Trinajstić information content (AvgIpc) is 2.60. The molecule has 160 valence electrons. The number of guanidine groups is 1. The Labute approximate surface area is 169 Å². The molecule has 2 aliphatic rings. The lowest BCUT2D eigenvalue weighted by Crippen LogP contribution is -2.52. The molecule has 0 aliphatic carbocycles. The molecule has 4 N–H and O–H groups in total. The molecule has 9 nitrogen and oxygen atoms in total. The van der Waals surface area contributed by atoms with Crippen molar-refractivity contribution in [3.63, 3.8) is 0 Å². The van der Waals surface area contributed by atoms with Gasteiger partial charge >= 0.3 is 6.09 Å². The molecule has 0 saturated carbocycles. The number of carbonyl (C=O) groups is 1. The zero-order valence-corrected chi connectivity index (χ0v) is 17.1. The minimum absolute atomic E-state index is 0.242. The molecule has 1 aromatic rings. The molecule has 3 rings (SSSR count). The third-order valence-corrected chi connectivity index (χ3v) is 6.82. The van der Waals surface area contributed by atoms with Gasteiger partial charge in [-0.1, -0.05) is 12.1 Å². The van der Waals surface area contributed by atoms with E-state index in [1.54, 1.807) is 18.2 Å². The number of nitrogens with zero attached hydrogens (tertiary/aromatic N) is 3. The Morgan fingerprint density at radius 1 is 1.24 bits per heavy atom. The third-order valence-electron chi connectivity index (χ3n) is 5.51. The first kappa shape index (κ1) is 21.3. The fraction of sp³-hybridized carbons (Fsp3) is 0.556. The van der Waals surface area contributed by atoms with E-state index >= 15 is 0 Å². The number of ether oxygens (including phenoxy) is 1. The fourth-order valence-electron chi connectivity index (χ4n) is 3.89. The van der Waals surface area contributed by atoms with Gasteiger partial charge in [0.2, 0.25) is 10.0 Å². The lowest BCUT2D eigenvalue weighted by atomic mass is 9.80. The summed E-state index contributed by atoms with van der Waals surface area (Å²) in [4.78, 5) is 16.6. The van der Waals surface area contributed by atoms with Gasteiger partial charge in [0.1, 0.15) is 6.61 Å². The summed E-state index contributed by atoms with van der Waals surface area (Å²) >= 11 is 0. The number of amides is 1. The van der Waals surface area contributed by atoms with Crippen molar-refractivity contribution in [2.45, 2.75) is 19.4 Å². The van der Waals surface area contributed by atoms with Gasteiger partial charge in [0.25, 0.3) is 0 Å². The zero-order chi connectivity index (χ0) is 21.2. The largest absolute Gasteiger partial charge is 0.443 e. The van der Waals surface area contributed by atoms with Gasteiger partial charge < -0.3 is 21.1 Å². The summed E-state index contributed by atoms with van der Waals surface area (Å²) in [5.74, 6) is 0.00375. The highest BCUT2D eigenvalue weighted by atomic mass is 32.2. The molecular weight excluding hydrogens is 401 g/mol. The number of piperidine rings is 1. The Morgan fingerprint density at radius 3 is 2.48 bits per heavy atom. The molecule has 0 atom stereocenters. The van der Waals surface area contributed by atoms with Crippen molar-refractivity contribution in [2.24, 2.45) is 28.3 Å². The van der Waals surface area contributed by atoms with Crippen LogP contribution < -0.4 is 16.4 Å². The van der Waals surface area contributed by atoms with Crippen LogP contribution in [-0.2, 0) is 21.4 Å². The maximum absolute atomic E-state index is 14.8. The predicted octanol–water partition coefficient (Wildman–Crippen LogP) is 0.844. The normalized spacial score (nSPS) is 18.9. The molecular formula is C18H26FN5O4S. The summed E-state index contributed by atoms with van der Waals surface area (Å²) in [5, 5.41) is 0. The number of carbonyl (C=O) groups excluding carboxylic acids is 1. The summed E-state index contributed by atoms with van der Waals surface area (Å²) in [6, 6.07) is 4.94. The third kappa shape index (κ3) is 5.15. The number of rotatable bonds is 5. The van der Waals surface area contributed by atoms with Crippen molar-refractivity contribution in [3.8, 4) is 0 Å². The van der Waals surface area contributed by atoms with Gasteiger partial charge in [-0.25, -0.2) is 21.9 Å². The van der Waals surface area contributed by atoms with E-state index in [-0.39, 0.29) is 12.2 Å². The van der Waals surface area contributed by atoms with E-state index in [2.05, 4.69) is 4.99 Å². The van der Waals surface area contributed by atoms with Gasteiger partial charge in [-0.15, -0.1) is 4.99 Å². The Bertz CT molecular complexity index is 890. The molecule has 0 bridgehead atoms. The van der Waals surface area contributed by atoms with Crippen LogP contribution in [0.1, 0.15) is 18.4 Å². The van der Waals surface area contributed by atoms with Gasteiger partial charge in [0.15, 0.2) is 11.8 Å². The Hall–Kier alpha value is -2.40. The Morgan fingerprint density at radius 2 is 1.90 bits per heavy atom. The van der Waals surface area contributed by atoms with Crippen molar-refractivity contribution in [2.75, 3.05) is 37.3 Å². The van der Waals surface area contributed by atoms with Gasteiger partial charge in [0.05, 0.1) is 11.9 Å². The van der Waals surface area contributed by atoms with Crippen LogP contribution in [0, 0.1) is 17.7 Å². The molecule has 0 aromatic heterocycles. The number of hydrogen-bond acceptors (Lipinski definition) is 5. The molecule has 0 unspecified atom stereocenters. The fourth-order valence-corrected chi connectivity index (χ4v) is 4.76. The van der Waals surface area contributed by atoms with E-state index in [1.165, 1.54) is 10.6 Å².